The molecule has 6 heteroatoms. The van der Waals surface area contributed by atoms with Gasteiger partial charge in [0.15, 0.2) is 0 Å². The van der Waals surface area contributed by atoms with E-state index in [4.69, 9.17) is 10.5 Å². The van der Waals surface area contributed by atoms with Crippen LogP contribution in [0.15, 0.2) is 48.5 Å². The lowest BCUT2D eigenvalue weighted by atomic mass is 10.1. The van der Waals surface area contributed by atoms with Crippen LogP contribution >= 0.6 is 0 Å². The van der Waals surface area contributed by atoms with E-state index in [9.17, 15) is 9.65 Å². The van der Waals surface area contributed by atoms with E-state index in [1.54, 1.807) is 23.9 Å². The molecular formula is C19H17FN4O. The lowest BCUT2D eigenvalue weighted by molar-refractivity contribution is 0.414. The van der Waals surface area contributed by atoms with Crippen molar-refractivity contribution >= 4 is 5.82 Å². The van der Waals surface area contributed by atoms with Crippen LogP contribution in [0.3, 0.4) is 0 Å². The van der Waals surface area contributed by atoms with Crippen LogP contribution in [0.2, 0.25) is 0 Å². The van der Waals surface area contributed by atoms with Crippen molar-refractivity contribution in [3.8, 4) is 11.8 Å². The monoisotopic (exact) mass is 336 g/mol. The average Bonchev–Trinajstić information content (AvgIpc) is 2.90. The molecule has 2 aromatic carbocycles. The molecule has 0 aliphatic rings. The summed E-state index contributed by atoms with van der Waals surface area (Å²) in [5.74, 6) is 0.757. The average molecular weight is 336 g/mol. The second kappa shape index (κ2) is 7.05. The molecule has 0 spiro atoms. The van der Waals surface area contributed by atoms with Crippen LogP contribution in [-0.4, -0.2) is 16.9 Å². The summed E-state index contributed by atoms with van der Waals surface area (Å²) in [6.45, 7) is 0.438. The second-order valence-corrected chi connectivity index (χ2v) is 5.63. The number of halogens is 1. The minimum Gasteiger partial charge on any atom is -0.497 e. The van der Waals surface area contributed by atoms with E-state index in [0.29, 0.717) is 30.0 Å². The van der Waals surface area contributed by atoms with Crippen molar-refractivity contribution in [1.82, 2.24) is 9.78 Å². The van der Waals surface area contributed by atoms with Gasteiger partial charge in [-0.05, 0) is 35.4 Å². The number of nitrogens with zero attached hydrogens (tertiary/aromatic N) is 3. The first-order chi connectivity index (χ1) is 12.1. The number of nitriles is 1. The third kappa shape index (κ3) is 3.61. The standard InChI is InChI=1S/C19H17FN4O/c1-25-16-7-5-13(6-8-16)12-24-19(22)17(11-21)18(23-24)10-14-3-2-4-15(20)9-14/h2-9H,10,12,22H2,1H3. The minimum atomic E-state index is -0.318. The normalized spacial score (nSPS) is 10.4. The molecule has 2 N–H and O–H groups in total. The summed E-state index contributed by atoms with van der Waals surface area (Å²) in [6, 6.07) is 15.9. The van der Waals surface area contributed by atoms with Gasteiger partial charge in [0.1, 0.15) is 29.0 Å². The topological polar surface area (TPSA) is 76.9 Å². The van der Waals surface area contributed by atoms with Crippen LogP contribution in [0.5, 0.6) is 5.75 Å². The van der Waals surface area contributed by atoms with Crippen LogP contribution < -0.4 is 10.5 Å². The summed E-state index contributed by atoms with van der Waals surface area (Å²) in [6.07, 6.45) is 0.348. The molecule has 0 atom stereocenters. The molecule has 25 heavy (non-hydrogen) atoms. The highest BCUT2D eigenvalue weighted by Gasteiger charge is 2.16. The molecule has 0 fully saturated rings. The molecule has 126 valence electrons. The summed E-state index contributed by atoms with van der Waals surface area (Å²) in [4.78, 5) is 0. The molecule has 0 saturated heterocycles. The third-order valence-corrected chi connectivity index (χ3v) is 3.93. The molecule has 3 aromatic rings. The van der Waals surface area contributed by atoms with Crippen LogP contribution in [0, 0.1) is 17.1 Å². The van der Waals surface area contributed by atoms with Gasteiger partial charge in [-0.3, -0.25) is 0 Å². The maximum atomic E-state index is 13.4. The van der Waals surface area contributed by atoms with Gasteiger partial charge in [-0.25, -0.2) is 9.07 Å². The van der Waals surface area contributed by atoms with Gasteiger partial charge in [0.25, 0.3) is 0 Å². The summed E-state index contributed by atoms with van der Waals surface area (Å²) in [7, 11) is 1.61. The highest BCUT2D eigenvalue weighted by molar-refractivity contribution is 5.53. The largest absolute Gasteiger partial charge is 0.497 e. The molecule has 3 rings (SSSR count). The Labute approximate surface area is 145 Å². The van der Waals surface area contributed by atoms with E-state index in [0.717, 1.165) is 16.9 Å². The molecule has 1 heterocycles. The highest BCUT2D eigenvalue weighted by atomic mass is 19.1. The molecule has 0 radical (unpaired) electrons. The number of nitrogen functional groups attached to an aromatic ring is 1. The van der Waals surface area contributed by atoms with Gasteiger partial charge in [-0.2, -0.15) is 10.4 Å². The van der Waals surface area contributed by atoms with Crippen molar-refractivity contribution in [2.45, 2.75) is 13.0 Å². The summed E-state index contributed by atoms with van der Waals surface area (Å²) in [5, 5.41) is 13.9. The van der Waals surface area contributed by atoms with Crippen molar-refractivity contribution in [1.29, 1.82) is 5.26 Å². The van der Waals surface area contributed by atoms with Gasteiger partial charge in [-0.15, -0.1) is 0 Å². The number of methoxy groups -OCH3 is 1. The Kier molecular flexibility index (Phi) is 4.66. The molecule has 0 aliphatic heterocycles. The van der Waals surface area contributed by atoms with Crippen LogP contribution in [0.25, 0.3) is 0 Å². The molecular weight excluding hydrogens is 319 g/mol. The van der Waals surface area contributed by atoms with Crippen molar-refractivity contribution in [3.05, 3.63) is 76.7 Å². The van der Waals surface area contributed by atoms with Gasteiger partial charge in [-0.1, -0.05) is 24.3 Å². The lowest BCUT2D eigenvalue weighted by Gasteiger charge is -2.05. The molecule has 0 bridgehead atoms. The second-order valence-electron chi connectivity index (χ2n) is 5.63. The van der Waals surface area contributed by atoms with Crippen LogP contribution in [0.4, 0.5) is 10.2 Å². The predicted molar refractivity (Wildman–Crippen MR) is 92.7 cm³/mol. The quantitative estimate of drug-likeness (QED) is 0.776. The molecule has 5 nitrogen and oxygen atoms in total. The molecule has 0 unspecified atom stereocenters. The first-order valence-corrected chi connectivity index (χ1v) is 7.73. The summed E-state index contributed by atoms with van der Waals surface area (Å²) < 4.78 is 20.1. The predicted octanol–water partition coefficient (Wildman–Crippen LogP) is 3.12. The number of anilines is 1. The van der Waals surface area contributed by atoms with E-state index in [2.05, 4.69) is 11.2 Å². The molecule has 0 aliphatic carbocycles. The van der Waals surface area contributed by atoms with Crippen molar-refractivity contribution in [2.75, 3.05) is 12.8 Å². The maximum absolute atomic E-state index is 13.4. The Morgan fingerprint density at radius 1 is 1.20 bits per heavy atom. The number of nitrogens with two attached hydrogens (primary N) is 1. The fraction of sp³-hybridized carbons (Fsp3) is 0.158. The Morgan fingerprint density at radius 2 is 1.96 bits per heavy atom. The Hall–Kier alpha value is -3.33. The highest BCUT2D eigenvalue weighted by Crippen LogP contribution is 2.21. The number of ether oxygens (including phenoxy) is 1. The fourth-order valence-electron chi connectivity index (χ4n) is 2.64. The maximum Gasteiger partial charge on any atom is 0.140 e. The molecule has 1 aromatic heterocycles. The Morgan fingerprint density at radius 3 is 2.60 bits per heavy atom. The fourth-order valence-corrected chi connectivity index (χ4v) is 2.64. The van der Waals surface area contributed by atoms with Gasteiger partial charge in [0.2, 0.25) is 0 Å². The van der Waals surface area contributed by atoms with Gasteiger partial charge in [0, 0.05) is 6.42 Å². The third-order valence-electron chi connectivity index (χ3n) is 3.93. The number of hydrogen-bond donors (Lipinski definition) is 1. The first kappa shape index (κ1) is 16.5. The number of benzene rings is 2. The van der Waals surface area contributed by atoms with E-state index >= 15 is 0 Å². The number of aromatic nitrogens is 2. The number of hydrogen-bond acceptors (Lipinski definition) is 4. The summed E-state index contributed by atoms with van der Waals surface area (Å²) in [5.41, 5.74) is 8.68. The lowest BCUT2D eigenvalue weighted by Crippen LogP contribution is -2.06. The van der Waals surface area contributed by atoms with E-state index in [-0.39, 0.29) is 5.82 Å². The zero-order valence-electron chi connectivity index (χ0n) is 13.7. The van der Waals surface area contributed by atoms with Gasteiger partial charge in [0.05, 0.1) is 19.3 Å². The molecule has 0 saturated carbocycles. The van der Waals surface area contributed by atoms with Crippen molar-refractivity contribution < 1.29 is 9.13 Å². The Balaban J connectivity index is 1.88. The SMILES string of the molecule is COc1ccc(Cn2nc(Cc3cccc(F)c3)c(C#N)c2N)cc1. The zero-order valence-corrected chi connectivity index (χ0v) is 13.7. The zero-order chi connectivity index (χ0) is 17.8. The van der Waals surface area contributed by atoms with Gasteiger partial charge < -0.3 is 10.5 Å². The van der Waals surface area contributed by atoms with Crippen LogP contribution in [-0.2, 0) is 13.0 Å². The minimum absolute atomic E-state index is 0.310. The first-order valence-electron chi connectivity index (χ1n) is 7.73. The van der Waals surface area contributed by atoms with Crippen molar-refractivity contribution in [2.24, 2.45) is 0 Å². The van der Waals surface area contributed by atoms with Gasteiger partial charge >= 0.3 is 0 Å². The van der Waals surface area contributed by atoms with Crippen molar-refractivity contribution in [3.63, 3.8) is 0 Å². The van der Waals surface area contributed by atoms with E-state index in [1.807, 2.05) is 24.3 Å². The smallest absolute Gasteiger partial charge is 0.140 e. The molecule has 0 amide bonds. The Bertz CT molecular complexity index is 926. The van der Waals surface area contributed by atoms with E-state index < -0.39 is 0 Å². The van der Waals surface area contributed by atoms with E-state index in [1.165, 1.54) is 12.1 Å². The van der Waals surface area contributed by atoms with Crippen LogP contribution in [0.1, 0.15) is 22.4 Å². The summed E-state index contributed by atoms with van der Waals surface area (Å²) >= 11 is 0. The number of rotatable bonds is 5.